The number of nitrogens with zero attached hydrogens (tertiary/aromatic N) is 2. The number of aromatic hydroxyl groups is 1. The van der Waals surface area contributed by atoms with Crippen molar-refractivity contribution in [1.82, 2.24) is 9.78 Å². The number of anilines is 1. The lowest BCUT2D eigenvalue weighted by atomic mass is 10.1. The number of benzene rings is 2. The van der Waals surface area contributed by atoms with E-state index in [0.29, 0.717) is 11.4 Å². The number of ether oxygens (including phenoxy) is 2. The van der Waals surface area contributed by atoms with E-state index in [2.05, 4.69) is 10.4 Å². The lowest BCUT2D eigenvalue weighted by molar-refractivity contribution is 0.0602. The van der Waals surface area contributed by atoms with E-state index < -0.39 is 28.9 Å². The first-order valence-electron chi connectivity index (χ1n) is 8.41. The van der Waals surface area contributed by atoms with E-state index in [0.717, 1.165) is 10.7 Å². The second-order valence-electron chi connectivity index (χ2n) is 5.79. The van der Waals surface area contributed by atoms with Crippen LogP contribution in [0.2, 0.25) is 0 Å². The SMILES string of the molecule is COC(=O)c1ccccc1NC(=O)c1nn(-c2ccccc2OC)c(=O)cc1O. The van der Waals surface area contributed by atoms with Crippen molar-refractivity contribution in [2.24, 2.45) is 0 Å². The molecular formula is C20H17N3O6. The molecule has 2 aromatic carbocycles. The summed E-state index contributed by atoms with van der Waals surface area (Å²) in [6.45, 7) is 0. The molecule has 3 rings (SSSR count). The van der Waals surface area contributed by atoms with Crippen LogP contribution in [-0.4, -0.2) is 41.0 Å². The van der Waals surface area contributed by atoms with Crippen LogP contribution in [0.25, 0.3) is 5.69 Å². The Bertz CT molecular complexity index is 1140. The minimum atomic E-state index is -0.817. The first-order valence-corrected chi connectivity index (χ1v) is 8.41. The van der Waals surface area contributed by atoms with Crippen molar-refractivity contribution in [3.8, 4) is 17.2 Å². The van der Waals surface area contributed by atoms with Gasteiger partial charge in [0.05, 0.1) is 25.5 Å². The van der Waals surface area contributed by atoms with E-state index in [1.54, 1.807) is 36.4 Å². The zero-order valence-electron chi connectivity index (χ0n) is 15.6. The van der Waals surface area contributed by atoms with E-state index in [-0.39, 0.29) is 11.3 Å². The number of methoxy groups -OCH3 is 2. The van der Waals surface area contributed by atoms with Crippen molar-refractivity contribution >= 4 is 17.6 Å². The highest BCUT2D eigenvalue weighted by Crippen LogP contribution is 2.22. The molecule has 0 unspecified atom stereocenters. The lowest BCUT2D eigenvalue weighted by Gasteiger charge is -2.13. The molecule has 0 aliphatic rings. The van der Waals surface area contributed by atoms with Gasteiger partial charge in [-0.25, -0.2) is 4.79 Å². The number of hydrogen-bond donors (Lipinski definition) is 2. The largest absolute Gasteiger partial charge is 0.505 e. The Morgan fingerprint density at radius 3 is 2.48 bits per heavy atom. The van der Waals surface area contributed by atoms with Gasteiger partial charge in [-0.15, -0.1) is 0 Å². The average Bonchev–Trinajstić information content (AvgIpc) is 2.73. The Morgan fingerprint density at radius 1 is 1.07 bits per heavy atom. The predicted octanol–water partition coefficient (Wildman–Crippen LogP) is 1.99. The molecule has 0 fully saturated rings. The maximum Gasteiger partial charge on any atom is 0.339 e. The standard InChI is InChI=1S/C20H17N3O6/c1-28-16-10-6-5-9-14(16)23-17(25)11-15(24)18(22-23)19(26)21-13-8-4-3-7-12(13)20(27)29-2/h3-11,24H,1-2H3,(H,21,26). The van der Waals surface area contributed by atoms with E-state index in [4.69, 9.17) is 9.47 Å². The molecule has 0 saturated heterocycles. The summed E-state index contributed by atoms with van der Waals surface area (Å²) in [5, 5.41) is 16.6. The number of hydrogen-bond acceptors (Lipinski definition) is 7. The van der Waals surface area contributed by atoms with Crippen molar-refractivity contribution in [3.63, 3.8) is 0 Å². The number of nitrogens with one attached hydrogen (secondary N) is 1. The molecule has 9 heteroatoms. The highest BCUT2D eigenvalue weighted by molar-refractivity contribution is 6.08. The third kappa shape index (κ3) is 3.93. The molecule has 29 heavy (non-hydrogen) atoms. The predicted molar refractivity (Wildman–Crippen MR) is 104 cm³/mol. The molecule has 148 valence electrons. The molecule has 0 bridgehead atoms. The third-order valence-corrected chi connectivity index (χ3v) is 4.02. The van der Waals surface area contributed by atoms with Gasteiger partial charge in [0.1, 0.15) is 11.4 Å². The first-order chi connectivity index (χ1) is 14.0. The van der Waals surface area contributed by atoms with Crippen molar-refractivity contribution in [2.45, 2.75) is 0 Å². The number of aromatic nitrogens is 2. The molecule has 0 saturated carbocycles. The quantitative estimate of drug-likeness (QED) is 0.634. The van der Waals surface area contributed by atoms with Gasteiger partial charge in [-0.05, 0) is 24.3 Å². The monoisotopic (exact) mass is 395 g/mol. The molecule has 1 heterocycles. The van der Waals surface area contributed by atoms with Crippen LogP contribution in [-0.2, 0) is 4.74 Å². The van der Waals surface area contributed by atoms with Gasteiger partial charge in [0.2, 0.25) is 0 Å². The average molecular weight is 395 g/mol. The van der Waals surface area contributed by atoms with Crippen LogP contribution in [0.4, 0.5) is 5.69 Å². The molecule has 0 radical (unpaired) electrons. The van der Waals surface area contributed by atoms with E-state index >= 15 is 0 Å². The Labute approximate surface area is 165 Å². The molecule has 0 aliphatic heterocycles. The molecule has 3 aromatic rings. The van der Waals surface area contributed by atoms with E-state index in [1.165, 1.54) is 26.4 Å². The highest BCUT2D eigenvalue weighted by Gasteiger charge is 2.20. The number of para-hydroxylation sites is 3. The minimum Gasteiger partial charge on any atom is -0.505 e. The molecule has 0 atom stereocenters. The lowest BCUT2D eigenvalue weighted by Crippen LogP contribution is -2.26. The molecule has 1 aromatic heterocycles. The fourth-order valence-corrected chi connectivity index (χ4v) is 2.65. The van der Waals surface area contributed by atoms with Gasteiger partial charge < -0.3 is 19.9 Å². The maximum absolute atomic E-state index is 12.7. The normalized spacial score (nSPS) is 10.3. The van der Waals surface area contributed by atoms with Crippen molar-refractivity contribution in [2.75, 3.05) is 19.5 Å². The second kappa shape index (κ2) is 8.26. The summed E-state index contributed by atoms with van der Waals surface area (Å²) < 4.78 is 10.9. The summed E-state index contributed by atoms with van der Waals surface area (Å²) in [5.41, 5.74) is -0.473. The summed E-state index contributed by atoms with van der Waals surface area (Å²) in [5.74, 6) is -1.70. The molecule has 1 amide bonds. The summed E-state index contributed by atoms with van der Waals surface area (Å²) in [6, 6.07) is 13.7. The number of esters is 1. The van der Waals surface area contributed by atoms with Crippen LogP contribution >= 0.6 is 0 Å². The van der Waals surface area contributed by atoms with Gasteiger partial charge in [-0.2, -0.15) is 9.78 Å². The van der Waals surface area contributed by atoms with Crippen molar-refractivity contribution in [1.29, 1.82) is 0 Å². The van der Waals surface area contributed by atoms with Gasteiger partial charge in [0, 0.05) is 6.07 Å². The maximum atomic E-state index is 12.7. The van der Waals surface area contributed by atoms with Crippen LogP contribution in [0.1, 0.15) is 20.8 Å². The first kappa shape index (κ1) is 19.6. The number of carbonyl (C=O) groups excluding carboxylic acids is 2. The topological polar surface area (TPSA) is 120 Å². The Morgan fingerprint density at radius 2 is 1.76 bits per heavy atom. The Kier molecular flexibility index (Phi) is 5.59. The van der Waals surface area contributed by atoms with Gasteiger partial charge in [-0.1, -0.05) is 24.3 Å². The molecule has 9 nitrogen and oxygen atoms in total. The van der Waals surface area contributed by atoms with E-state index in [1.807, 2.05) is 0 Å². The fourth-order valence-electron chi connectivity index (χ4n) is 2.65. The fraction of sp³-hybridized carbons (Fsp3) is 0.100. The zero-order chi connectivity index (χ0) is 21.0. The van der Waals surface area contributed by atoms with Gasteiger partial charge >= 0.3 is 5.97 Å². The molecule has 2 N–H and O–H groups in total. The highest BCUT2D eigenvalue weighted by atomic mass is 16.5. The van der Waals surface area contributed by atoms with Crippen LogP contribution in [0, 0.1) is 0 Å². The molecular weight excluding hydrogens is 378 g/mol. The smallest absolute Gasteiger partial charge is 0.339 e. The van der Waals surface area contributed by atoms with Crippen LogP contribution < -0.4 is 15.6 Å². The minimum absolute atomic E-state index is 0.126. The van der Waals surface area contributed by atoms with Crippen molar-refractivity contribution in [3.05, 3.63) is 76.2 Å². The van der Waals surface area contributed by atoms with E-state index in [9.17, 15) is 19.5 Å². The number of rotatable bonds is 5. The number of amides is 1. The summed E-state index contributed by atoms with van der Waals surface area (Å²) >= 11 is 0. The second-order valence-corrected chi connectivity index (χ2v) is 5.79. The van der Waals surface area contributed by atoms with Gasteiger partial charge in [0.25, 0.3) is 11.5 Å². The summed E-state index contributed by atoms with van der Waals surface area (Å²) in [7, 11) is 2.65. The van der Waals surface area contributed by atoms with Crippen molar-refractivity contribution < 1.29 is 24.2 Å². The Hall–Kier alpha value is -4.14. The van der Waals surface area contributed by atoms with Crippen LogP contribution in [0.15, 0.2) is 59.4 Å². The molecule has 0 spiro atoms. The summed E-state index contributed by atoms with van der Waals surface area (Å²) in [4.78, 5) is 36.9. The third-order valence-electron chi connectivity index (χ3n) is 4.02. The molecule has 0 aliphatic carbocycles. The Balaban J connectivity index is 2.03. The van der Waals surface area contributed by atoms with Gasteiger partial charge in [-0.3, -0.25) is 9.59 Å². The number of carbonyl (C=O) groups is 2. The van der Waals surface area contributed by atoms with Gasteiger partial charge in [0.15, 0.2) is 11.4 Å². The zero-order valence-corrected chi connectivity index (χ0v) is 15.6. The summed E-state index contributed by atoms with van der Waals surface area (Å²) in [6.07, 6.45) is 0. The van der Waals surface area contributed by atoms with Crippen LogP contribution in [0.5, 0.6) is 11.5 Å². The van der Waals surface area contributed by atoms with Crippen LogP contribution in [0.3, 0.4) is 0 Å².